The van der Waals surface area contributed by atoms with Crippen LogP contribution in [0.4, 0.5) is 11.5 Å². The largest absolute Gasteiger partial charge is 0.487 e. The van der Waals surface area contributed by atoms with Crippen LogP contribution in [0.2, 0.25) is 5.02 Å². The lowest BCUT2D eigenvalue weighted by atomic mass is 10.3. The molecule has 0 radical (unpaired) electrons. The number of rotatable bonds is 6. The van der Waals surface area contributed by atoms with E-state index < -0.39 is 4.92 Å². The third-order valence-corrected chi connectivity index (χ3v) is 3.01. The minimum absolute atomic E-state index is 0.0602. The Labute approximate surface area is 126 Å². The molecule has 0 saturated heterocycles. The predicted octanol–water partition coefficient (Wildman–Crippen LogP) is 3.65. The first-order valence-corrected chi connectivity index (χ1v) is 6.73. The molecule has 1 heterocycles. The molecule has 0 unspecified atom stereocenters. The van der Waals surface area contributed by atoms with E-state index in [-0.39, 0.29) is 18.0 Å². The van der Waals surface area contributed by atoms with E-state index in [1.807, 2.05) is 19.1 Å². The number of anilines is 1. The van der Waals surface area contributed by atoms with Crippen LogP contribution < -0.4 is 10.1 Å². The van der Waals surface area contributed by atoms with E-state index in [4.69, 9.17) is 16.3 Å². The average molecular weight is 308 g/mol. The maximum absolute atomic E-state index is 10.7. The summed E-state index contributed by atoms with van der Waals surface area (Å²) < 4.78 is 5.52. The van der Waals surface area contributed by atoms with E-state index in [2.05, 4.69) is 10.3 Å². The molecule has 0 aliphatic heterocycles. The Morgan fingerprint density at radius 2 is 2.19 bits per heavy atom. The fourth-order valence-electron chi connectivity index (χ4n) is 1.67. The van der Waals surface area contributed by atoms with Gasteiger partial charge in [-0.2, -0.15) is 0 Å². The summed E-state index contributed by atoms with van der Waals surface area (Å²) >= 11 is 5.96. The van der Waals surface area contributed by atoms with Crippen molar-refractivity contribution in [3.05, 3.63) is 57.2 Å². The van der Waals surface area contributed by atoms with Crippen LogP contribution in [0.1, 0.15) is 12.5 Å². The van der Waals surface area contributed by atoms with Crippen LogP contribution in [0.15, 0.2) is 36.5 Å². The van der Waals surface area contributed by atoms with Gasteiger partial charge in [0.15, 0.2) is 0 Å². The summed E-state index contributed by atoms with van der Waals surface area (Å²) in [5.74, 6) is 1.07. The van der Waals surface area contributed by atoms with Crippen molar-refractivity contribution in [3.8, 4) is 5.75 Å². The van der Waals surface area contributed by atoms with E-state index in [1.165, 1.54) is 18.2 Å². The number of aromatic nitrogens is 1. The number of halogens is 1. The zero-order valence-corrected chi connectivity index (χ0v) is 12.1. The molecule has 7 heteroatoms. The Balaban J connectivity index is 2.05. The summed E-state index contributed by atoms with van der Waals surface area (Å²) in [7, 11) is 0. The fourth-order valence-corrected chi connectivity index (χ4v) is 1.84. The number of benzene rings is 1. The van der Waals surface area contributed by atoms with Crippen molar-refractivity contribution in [1.82, 2.24) is 4.98 Å². The molecule has 110 valence electrons. The normalized spacial score (nSPS) is 10.2. The van der Waals surface area contributed by atoms with Gasteiger partial charge in [0.2, 0.25) is 0 Å². The molecule has 21 heavy (non-hydrogen) atoms. The summed E-state index contributed by atoms with van der Waals surface area (Å²) in [6.45, 7) is 3.02. The molecular weight excluding hydrogens is 294 g/mol. The highest BCUT2D eigenvalue weighted by atomic mass is 35.5. The maximum Gasteiger partial charge on any atom is 0.273 e. The van der Waals surface area contributed by atoms with Gasteiger partial charge in [0.05, 0.1) is 16.0 Å². The maximum atomic E-state index is 10.7. The third kappa shape index (κ3) is 4.06. The minimum atomic E-state index is -0.490. The van der Waals surface area contributed by atoms with Crippen LogP contribution in [-0.2, 0) is 6.61 Å². The van der Waals surface area contributed by atoms with Gasteiger partial charge in [-0.05, 0) is 19.1 Å². The first-order chi connectivity index (χ1) is 10.1. The first kappa shape index (κ1) is 15.1. The summed E-state index contributed by atoms with van der Waals surface area (Å²) in [5, 5.41) is 14.1. The summed E-state index contributed by atoms with van der Waals surface area (Å²) in [6, 6.07) is 7.81. The van der Waals surface area contributed by atoms with Gasteiger partial charge >= 0.3 is 0 Å². The van der Waals surface area contributed by atoms with E-state index in [9.17, 15) is 10.1 Å². The number of hydrogen-bond acceptors (Lipinski definition) is 5. The molecular formula is C14H14ClN3O3. The second-order valence-corrected chi connectivity index (χ2v) is 4.65. The average Bonchev–Trinajstić information content (AvgIpc) is 2.48. The van der Waals surface area contributed by atoms with Gasteiger partial charge in [-0.1, -0.05) is 17.7 Å². The van der Waals surface area contributed by atoms with Gasteiger partial charge in [0.1, 0.15) is 18.2 Å². The zero-order valence-electron chi connectivity index (χ0n) is 11.4. The number of nitro groups is 1. The van der Waals surface area contributed by atoms with E-state index >= 15 is 0 Å². The molecule has 0 saturated carbocycles. The van der Waals surface area contributed by atoms with Crippen molar-refractivity contribution in [2.75, 3.05) is 11.9 Å². The number of nitrogens with one attached hydrogen (secondary N) is 1. The van der Waals surface area contributed by atoms with Gasteiger partial charge in [-0.15, -0.1) is 0 Å². The quantitative estimate of drug-likeness (QED) is 0.651. The van der Waals surface area contributed by atoms with Gasteiger partial charge in [-0.25, -0.2) is 4.98 Å². The van der Waals surface area contributed by atoms with Crippen molar-refractivity contribution in [3.63, 3.8) is 0 Å². The number of ether oxygens (including phenoxy) is 1. The van der Waals surface area contributed by atoms with Crippen molar-refractivity contribution in [2.24, 2.45) is 0 Å². The number of nitro benzene ring substituents is 1. The molecule has 1 aromatic carbocycles. The molecule has 0 aliphatic carbocycles. The van der Waals surface area contributed by atoms with Gasteiger partial charge in [0.25, 0.3) is 5.69 Å². The van der Waals surface area contributed by atoms with Gasteiger partial charge in [-0.3, -0.25) is 10.1 Å². The lowest BCUT2D eigenvalue weighted by Crippen LogP contribution is -2.01. The van der Waals surface area contributed by atoms with Crippen molar-refractivity contribution >= 4 is 23.1 Å². The highest BCUT2D eigenvalue weighted by molar-refractivity contribution is 6.32. The SMILES string of the molecule is CCNc1ccc(COc2cc([N+](=O)[O-])ccc2Cl)cn1. The minimum Gasteiger partial charge on any atom is -0.487 e. The monoisotopic (exact) mass is 307 g/mol. The van der Waals surface area contributed by atoms with Crippen LogP contribution in [0.5, 0.6) is 5.75 Å². The smallest absolute Gasteiger partial charge is 0.273 e. The van der Waals surface area contributed by atoms with Crippen LogP contribution in [0.25, 0.3) is 0 Å². The van der Waals surface area contributed by atoms with Gasteiger partial charge in [0, 0.05) is 24.4 Å². The van der Waals surface area contributed by atoms with Gasteiger partial charge < -0.3 is 10.1 Å². The van der Waals surface area contributed by atoms with Crippen molar-refractivity contribution < 1.29 is 9.66 Å². The molecule has 0 fully saturated rings. The Morgan fingerprint density at radius 1 is 1.38 bits per heavy atom. The lowest BCUT2D eigenvalue weighted by molar-refractivity contribution is -0.384. The van der Waals surface area contributed by atoms with Crippen LogP contribution in [0, 0.1) is 10.1 Å². The van der Waals surface area contributed by atoms with Crippen LogP contribution in [0.3, 0.4) is 0 Å². The van der Waals surface area contributed by atoms with E-state index in [0.29, 0.717) is 5.02 Å². The Morgan fingerprint density at radius 3 is 2.81 bits per heavy atom. The molecule has 0 spiro atoms. The fraction of sp³-hybridized carbons (Fsp3) is 0.214. The number of pyridine rings is 1. The molecule has 1 aromatic heterocycles. The molecule has 0 bridgehead atoms. The Hall–Kier alpha value is -2.34. The Bertz CT molecular complexity index is 632. The van der Waals surface area contributed by atoms with Crippen molar-refractivity contribution in [2.45, 2.75) is 13.5 Å². The highest BCUT2D eigenvalue weighted by Gasteiger charge is 2.11. The molecule has 2 rings (SSSR count). The first-order valence-electron chi connectivity index (χ1n) is 6.35. The van der Waals surface area contributed by atoms with Crippen LogP contribution >= 0.6 is 11.6 Å². The summed E-state index contributed by atoms with van der Waals surface area (Å²) in [5.41, 5.74) is 0.786. The zero-order chi connectivity index (χ0) is 15.2. The molecule has 2 aromatic rings. The second-order valence-electron chi connectivity index (χ2n) is 4.24. The molecule has 1 N–H and O–H groups in total. The Kier molecular flexibility index (Phi) is 4.94. The lowest BCUT2D eigenvalue weighted by Gasteiger charge is -2.08. The third-order valence-electron chi connectivity index (χ3n) is 2.70. The molecule has 0 atom stereocenters. The summed E-state index contributed by atoms with van der Waals surface area (Å²) in [4.78, 5) is 14.5. The predicted molar refractivity (Wildman–Crippen MR) is 80.8 cm³/mol. The second kappa shape index (κ2) is 6.90. The molecule has 6 nitrogen and oxygen atoms in total. The number of hydrogen-bond donors (Lipinski definition) is 1. The highest BCUT2D eigenvalue weighted by Crippen LogP contribution is 2.29. The molecule has 0 aliphatic rings. The summed E-state index contributed by atoms with van der Waals surface area (Å²) in [6.07, 6.45) is 1.68. The number of nitrogens with zero attached hydrogens (tertiary/aromatic N) is 2. The molecule has 0 amide bonds. The van der Waals surface area contributed by atoms with E-state index in [1.54, 1.807) is 6.20 Å². The standard InChI is InChI=1S/C14H14ClN3O3/c1-2-16-14-6-3-10(8-17-14)9-21-13-7-11(18(19)20)4-5-12(13)15/h3-8H,2,9H2,1H3,(H,16,17). The van der Waals surface area contributed by atoms with E-state index in [0.717, 1.165) is 17.9 Å². The topological polar surface area (TPSA) is 77.3 Å². The van der Waals surface area contributed by atoms with Crippen molar-refractivity contribution in [1.29, 1.82) is 0 Å². The van der Waals surface area contributed by atoms with Crippen LogP contribution in [-0.4, -0.2) is 16.5 Å². The number of non-ortho nitro benzene ring substituents is 1.